The molecule has 0 spiro atoms. The van der Waals surface area contributed by atoms with Gasteiger partial charge in [0.05, 0.1) is 0 Å². The smallest absolute Gasteiger partial charge is 0.407 e. The highest BCUT2D eigenvalue weighted by Gasteiger charge is 2.22. The fourth-order valence-corrected chi connectivity index (χ4v) is 2.63. The summed E-state index contributed by atoms with van der Waals surface area (Å²) in [7, 11) is 0. The maximum atomic E-state index is 13.2. The molecule has 3 nitrogen and oxygen atoms in total. The Morgan fingerprint density at radius 2 is 2.06 bits per heavy atom. The molecule has 0 aromatic heterocycles. The molecule has 2 rings (SSSR count). The summed E-state index contributed by atoms with van der Waals surface area (Å²) in [6, 6.07) is 4.56. The normalized spacial score (nSPS) is 16.9. The van der Waals surface area contributed by atoms with E-state index in [-0.39, 0.29) is 5.82 Å². The largest absolute Gasteiger partial charge is 0.465 e. The van der Waals surface area contributed by atoms with Crippen LogP contribution in [-0.2, 0) is 6.42 Å². The molecule has 1 aromatic carbocycles. The van der Waals surface area contributed by atoms with Gasteiger partial charge in [0.15, 0.2) is 0 Å². The number of piperidine rings is 1. The summed E-state index contributed by atoms with van der Waals surface area (Å²) < 4.78 is 13.2. The first kappa shape index (κ1) is 13.1. The van der Waals surface area contributed by atoms with E-state index in [4.69, 9.17) is 16.7 Å². The van der Waals surface area contributed by atoms with Crippen LogP contribution in [0.3, 0.4) is 0 Å². The van der Waals surface area contributed by atoms with E-state index in [0.29, 0.717) is 24.0 Å². The molecule has 1 amide bonds. The van der Waals surface area contributed by atoms with Crippen molar-refractivity contribution < 1.29 is 14.3 Å². The monoisotopic (exact) mass is 271 g/mol. The first-order valence-electron chi connectivity index (χ1n) is 5.97. The van der Waals surface area contributed by atoms with Crippen molar-refractivity contribution in [2.75, 3.05) is 13.1 Å². The lowest BCUT2D eigenvalue weighted by Gasteiger charge is -2.30. The van der Waals surface area contributed by atoms with Crippen LogP contribution in [0.2, 0.25) is 5.02 Å². The fraction of sp³-hybridized carbons (Fsp3) is 0.462. The number of nitrogens with zero attached hydrogens (tertiary/aromatic N) is 1. The van der Waals surface area contributed by atoms with E-state index >= 15 is 0 Å². The Hall–Kier alpha value is -1.29. The molecule has 1 aromatic rings. The van der Waals surface area contributed by atoms with Gasteiger partial charge in [-0.25, -0.2) is 9.18 Å². The molecule has 0 unspecified atom stereocenters. The van der Waals surface area contributed by atoms with Crippen LogP contribution < -0.4 is 0 Å². The molecule has 0 aliphatic carbocycles. The van der Waals surface area contributed by atoms with Gasteiger partial charge in [-0.15, -0.1) is 0 Å². The minimum atomic E-state index is -0.859. The number of halogens is 2. The highest BCUT2D eigenvalue weighted by atomic mass is 35.5. The van der Waals surface area contributed by atoms with Gasteiger partial charge in [-0.05, 0) is 48.9 Å². The van der Waals surface area contributed by atoms with Crippen molar-refractivity contribution in [1.82, 2.24) is 4.90 Å². The lowest BCUT2D eigenvalue weighted by atomic mass is 9.90. The van der Waals surface area contributed by atoms with Gasteiger partial charge in [-0.3, -0.25) is 0 Å². The van der Waals surface area contributed by atoms with E-state index in [0.717, 1.165) is 24.8 Å². The summed E-state index contributed by atoms with van der Waals surface area (Å²) in [6.07, 6.45) is 1.54. The van der Waals surface area contributed by atoms with Crippen molar-refractivity contribution in [3.05, 3.63) is 34.6 Å². The minimum Gasteiger partial charge on any atom is -0.465 e. The van der Waals surface area contributed by atoms with Crippen LogP contribution >= 0.6 is 11.6 Å². The first-order chi connectivity index (χ1) is 8.54. The highest BCUT2D eigenvalue weighted by molar-refractivity contribution is 6.30. The highest BCUT2D eigenvalue weighted by Crippen LogP contribution is 2.23. The Bertz CT molecular complexity index is 424. The van der Waals surface area contributed by atoms with Crippen LogP contribution in [0.4, 0.5) is 9.18 Å². The Balaban J connectivity index is 1.93. The fourth-order valence-electron chi connectivity index (χ4n) is 2.39. The first-order valence-corrected chi connectivity index (χ1v) is 6.35. The van der Waals surface area contributed by atoms with Gasteiger partial charge in [-0.1, -0.05) is 11.6 Å². The van der Waals surface area contributed by atoms with Crippen molar-refractivity contribution in [3.8, 4) is 0 Å². The molecule has 0 bridgehead atoms. The van der Waals surface area contributed by atoms with Gasteiger partial charge in [-0.2, -0.15) is 0 Å². The van der Waals surface area contributed by atoms with Crippen molar-refractivity contribution in [1.29, 1.82) is 0 Å². The lowest BCUT2D eigenvalue weighted by Crippen LogP contribution is -2.37. The topological polar surface area (TPSA) is 40.5 Å². The predicted molar refractivity (Wildman–Crippen MR) is 67.4 cm³/mol. The van der Waals surface area contributed by atoms with Crippen molar-refractivity contribution >= 4 is 17.7 Å². The van der Waals surface area contributed by atoms with E-state index < -0.39 is 6.09 Å². The number of hydrogen-bond acceptors (Lipinski definition) is 1. The minimum absolute atomic E-state index is 0.319. The number of rotatable bonds is 2. The molecular weight excluding hydrogens is 257 g/mol. The van der Waals surface area contributed by atoms with Gasteiger partial charge >= 0.3 is 6.09 Å². The third-order valence-electron chi connectivity index (χ3n) is 3.33. The number of amides is 1. The van der Waals surface area contributed by atoms with E-state index in [1.54, 1.807) is 6.07 Å². The molecule has 0 saturated carbocycles. The van der Waals surface area contributed by atoms with Crippen LogP contribution in [0.5, 0.6) is 0 Å². The molecule has 1 N–H and O–H groups in total. The number of hydrogen-bond donors (Lipinski definition) is 1. The Kier molecular flexibility index (Phi) is 4.07. The number of likely N-dealkylation sites (tertiary alicyclic amines) is 1. The number of benzene rings is 1. The number of carboxylic acid groups (broad SMARTS) is 1. The van der Waals surface area contributed by atoms with Crippen LogP contribution in [0.15, 0.2) is 18.2 Å². The maximum absolute atomic E-state index is 13.2. The predicted octanol–water partition coefficient (Wildman–Crippen LogP) is 3.41. The molecule has 5 heteroatoms. The molecule has 98 valence electrons. The lowest BCUT2D eigenvalue weighted by molar-refractivity contribution is 0.124. The van der Waals surface area contributed by atoms with Crippen LogP contribution in [-0.4, -0.2) is 29.2 Å². The van der Waals surface area contributed by atoms with Crippen LogP contribution in [0.1, 0.15) is 18.4 Å². The van der Waals surface area contributed by atoms with Crippen molar-refractivity contribution in [2.45, 2.75) is 19.3 Å². The molecule has 18 heavy (non-hydrogen) atoms. The second-order valence-electron chi connectivity index (χ2n) is 4.69. The Morgan fingerprint density at radius 1 is 1.39 bits per heavy atom. The summed E-state index contributed by atoms with van der Waals surface area (Å²) in [6.45, 7) is 1.12. The number of carbonyl (C=O) groups is 1. The van der Waals surface area contributed by atoms with Gasteiger partial charge in [0.2, 0.25) is 0 Å². The van der Waals surface area contributed by atoms with E-state index in [1.807, 2.05) is 0 Å². The summed E-state index contributed by atoms with van der Waals surface area (Å²) in [5.74, 6) is 0.0824. The third-order valence-corrected chi connectivity index (χ3v) is 3.55. The maximum Gasteiger partial charge on any atom is 0.407 e. The standard InChI is InChI=1S/C13H15ClFNO2/c14-11-6-10(7-12(15)8-11)5-9-1-3-16(4-2-9)13(17)18/h6-9H,1-5H2,(H,17,18). The molecule has 1 aliphatic rings. The Morgan fingerprint density at radius 3 is 2.61 bits per heavy atom. The second kappa shape index (κ2) is 5.57. The summed E-state index contributed by atoms with van der Waals surface area (Å²) >= 11 is 5.81. The molecule has 1 aliphatic heterocycles. The van der Waals surface area contributed by atoms with E-state index in [1.165, 1.54) is 17.0 Å². The molecule has 1 heterocycles. The van der Waals surface area contributed by atoms with Crippen molar-refractivity contribution in [2.24, 2.45) is 5.92 Å². The molecular formula is C13H15ClFNO2. The molecule has 0 radical (unpaired) electrons. The zero-order valence-corrected chi connectivity index (χ0v) is 10.7. The van der Waals surface area contributed by atoms with E-state index in [2.05, 4.69) is 0 Å². The van der Waals surface area contributed by atoms with E-state index in [9.17, 15) is 9.18 Å². The van der Waals surface area contributed by atoms with Crippen LogP contribution in [0, 0.1) is 11.7 Å². The third kappa shape index (κ3) is 3.35. The molecule has 1 saturated heterocycles. The summed E-state index contributed by atoms with van der Waals surface area (Å²) in [5, 5.41) is 9.26. The quantitative estimate of drug-likeness (QED) is 0.895. The average Bonchev–Trinajstić information content (AvgIpc) is 2.28. The van der Waals surface area contributed by atoms with Gasteiger partial charge < -0.3 is 10.0 Å². The van der Waals surface area contributed by atoms with Gasteiger partial charge in [0, 0.05) is 18.1 Å². The SMILES string of the molecule is O=C(O)N1CCC(Cc2cc(F)cc(Cl)c2)CC1. The molecule has 1 fully saturated rings. The van der Waals surface area contributed by atoms with Gasteiger partial charge in [0.1, 0.15) is 5.82 Å². The average molecular weight is 272 g/mol. The summed E-state index contributed by atoms with van der Waals surface area (Å²) in [5.41, 5.74) is 0.883. The second-order valence-corrected chi connectivity index (χ2v) is 5.13. The van der Waals surface area contributed by atoms with Gasteiger partial charge in [0.25, 0.3) is 0 Å². The van der Waals surface area contributed by atoms with Crippen LogP contribution in [0.25, 0.3) is 0 Å². The zero-order valence-electron chi connectivity index (χ0n) is 9.90. The zero-order chi connectivity index (χ0) is 13.1. The Labute approximate surface area is 110 Å². The molecule has 0 atom stereocenters. The van der Waals surface area contributed by atoms with Crippen molar-refractivity contribution in [3.63, 3.8) is 0 Å². The summed E-state index contributed by atoms with van der Waals surface area (Å²) in [4.78, 5) is 12.2.